The topological polar surface area (TPSA) is 88.1 Å². The Bertz CT molecular complexity index is 1240. The Morgan fingerprint density at radius 1 is 1.26 bits per heavy atom. The summed E-state index contributed by atoms with van der Waals surface area (Å²) in [7, 11) is 1.40. The highest BCUT2D eigenvalue weighted by molar-refractivity contribution is 7.17. The lowest BCUT2D eigenvalue weighted by atomic mass is 10.2. The van der Waals surface area contributed by atoms with Crippen LogP contribution in [0.15, 0.2) is 23.1 Å². The Labute approximate surface area is 178 Å². The van der Waals surface area contributed by atoms with Crippen molar-refractivity contribution in [3.05, 3.63) is 55.8 Å². The Morgan fingerprint density at radius 3 is 2.48 bits per heavy atom. The quantitative estimate of drug-likeness (QED) is 0.425. The first-order valence-corrected chi connectivity index (χ1v) is 9.37. The molecule has 0 atom stereocenters. The molecule has 0 radical (unpaired) electrons. The van der Waals surface area contributed by atoms with Crippen molar-refractivity contribution in [3.8, 4) is 0 Å². The van der Waals surface area contributed by atoms with Crippen LogP contribution in [0.25, 0.3) is 10.5 Å². The lowest BCUT2D eigenvalue weighted by Gasteiger charge is -2.10. The zero-order valence-electron chi connectivity index (χ0n) is 15.3. The van der Waals surface area contributed by atoms with Crippen molar-refractivity contribution >= 4 is 39.7 Å². The lowest BCUT2D eigenvalue weighted by Crippen LogP contribution is -2.21. The molecule has 166 valence electrons. The number of aromatic nitrogens is 4. The summed E-state index contributed by atoms with van der Waals surface area (Å²) in [6, 6.07) is 1.39. The third kappa shape index (κ3) is 4.44. The predicted octanol–water partition coefficient (Wildman–Crippen LogP) is 3.90. The van der Waals surface area contributed by atoms with E-state index in [1.54, 1.807) is 0 Å². The van der Waals surface area contributed by atoms with Gasteiger partial charge in [-0.3, -0.25) is 13.9 Å². The van der Waals surface area contributed by atoms with Gasteiger partial charge in [-0.2, -0.15) is 31.4 Å². The molecule has 3 heterocycles. The molecule has 15 heteroatoms. The van der Waals surface area contributed by atoms with E-state index in [0.29, 0.717) is 21.4 Å². The summed E-state index contributed by atoms with van der Waals surface area (Å²) in [4.78, 5) is 15.0. The first-order valence-electron chi connectivity index (χ1n) is 8.18. The van der Waals surface area contributed by atoms with Crippen molar-refractivity contribution < 1.29 is 26.3 Å². The average Bonchev–Trinajstić information content (AvgIpc) is 3.20. The molecule has 0 fully saturated rings. The van der Waals surface area contributed by atoms with E-state index in [1.807, 2.05) is 0 Å². The average molecular weight is 485 g/mol. The number of hydrogen-bond donors (Lipinski definition) is 2. The second-order valence-electron chi connectivity index (χ2n) is 6.02. The number of halogens is 7. The maximum atomic E-state index is 13.6. The second-order valence-corrected chi connectivity index (χ2v) is 7.39. The number of nitrogens with zero attached hydrogens (tertiary/aromatic N) is 4. The summed E-state index contributed by atoms with van der Waals surface area (Å²) >= 11 is 5.68. The van der Waals surface area contributed by atoms with E-state index in [9.17, 15) is 31.1 Å². The van der Waals surface area contributed by atoms with Gasteiger partial charge in [0.25, 0.3) is 5.56 Å². The normalized spacial score (nSPS) is 13.1. The number of rotatable bonds is 5. The van der Waals surface area contributed by atoms with Crippen LogP contribution in [0.3, 0.4) is 0 Å². The molecule has 0 unspecified atom stereocenters. The number of thiazole rings is 1. The fraction of sp³-hybridized carbons (Fsp3) is 0.250. The second kappa shape index (κ2) is 8.00. The van der Waals surface area contributed by atoms with Gasteiger partial charge in [0.2, 0.25) is 0 Å². The Hall–Kier alpha value is -2.87. The minimum Gasteiger partial charge on any atom is -0.393 e. The van der Waals surface area contributed by atoms with Gasteiger partial charge in [0.15, 0.2) is 10.1 Å². The number of nitrogens with one attached hydrogen (secondary N) is 2. The van der Waals surface area contributed by atoms with Crippen LogP contribution in [0.1, 0.15) is 22.0 Å². The van der Waals surface area contributed by atoms with Gasteiger partial charge in [0.1, 0.15) is 10.6 Å². The van der Waals surface area contributed by atoms with Gasteiger partial charge in [-0.1, -0.05) is 22.9 Å². The van der Waals surface area contributed by atoms with Crippen molar-refractivity contribution in [2.75, 3.05) is 7.05 Å². The van der Waals surface area contributed by atoms with Crippen LogP contribution in [0.2, 0.25) is 5.15 Å². The number of fused-ring (bicyclic) bond motifs is 1. The molecule has 0 saturated heterocycles. The van der Waals surface area contributed by atoms with E-state index in [1.165, 1.54) is 7.05 Å². The van der Waals surface area contributed by atoms with Crippen molar-refractivity contribution in [1.82, 2.24) is 24.5 Å². The molecule has 2 N–H and O–H groups in total. The molecule has 0 aliphatic carbocycles. The smallest absolute Gasteiger partial charge is 0.393 e. The number of alkyl halides is 6. The molecule has 0 aliphatic heterocycles. The summed E-state index contributed by atoms with van der Waals surface area (Å²) in [6.07, 6.45) is -7.93. The predicted molar refractivity (Wildman–Crippen MR) is 102 cm³/mol. The van der Waals surface area contributed by atoms with E-state index in [2.05, 4.69) is 15.4 Å². The zero-order chi connectivity index (χ0) is 23.1. The summed E-state index contributed by atoms with van der Waals surface area (Å²) in [6.45, 7) is -0.647. The van der Waals surface area contributed by atoms with Crippen molar-refractivity contribution in [2.45, 2.75) is 18.9 Å². The first-order chi connectivity index (χ1) is 14.4. The minimum absolute atomic E-state index is 0.131. The van der Waals surface area contributed by atoms with Gasteiger partial charge in [0, 0.05) is 37.2 Å². The van der Waals surface area contributed by atoms with Crippen LogP contribution in [0.4, 0.5) is 26.3 Å². The molecule has 0 spiro atoms. The third-order valence-electron chi connectivity index (χ3n) is 3.91. The van der Waals surface area contributed by atoms with Gasteiger partial charge in [-0.15, -0.1) is 0 Å². The molecule has 0 bridgehead atoms. The molecule has 0 amide bonds. The molecule has 0 aliphatic rings. The molecular formula is C16H11ClF6N6OS. The minimum atomic E-state index is -4.87. The summed E-state index contributed by atoms with van der Waals surface area (Å²) < 4.78 is 81.2. The van der Waals surface area contributed by atoms with E-state index >= 15 is 0 Å². The first kappa shape index (κ1) is 22.8. The number of hydrogen-bond acceptors (Lipinski definition) is 6. The van der Waals surface area contributed by atoms with Crippen LogP contribution in [-0.2, 0) is 18.9 Å². The summed E-state index contributed by atoms with van der Waals surface area (Å²) in [5.41, 5.74) is -3.25. The standard InChI is InChI=1S/C16H11ClF6N6OS/c1-25-5-7(4-24)12-13(16(21,22)23)31-14-26-8(2-11(30)29(12)14)6-28-9(15(18,19)20)3-10(17)27-28/h2-5,24-25H,6H2,1H3/b7-5+,24-4?. The molecule has 3 rings (SSSR count). The fourth-order valence-corrected chi connectivity index (χ4v) is 4.01. The van der Waals surface area contributed by atoms with E-state index in [-0.39, 0.29) is 22.6 Å². The van der Waals surface area contributed by atoms with Crippen molar-refractivity contribution in [1.29, 1.82) is 5.41 Å². The monoisotopic (exact) mass is 484 g/mol. The van der Waals surface area contributed by atoms with Gasteiger partial charge < -0.3 is 10.7 Å². The van der Waals surface area contributed by atoms with Crippen LogP contribution >= 0.6 is 22.9 Å². The SMILES string of the molecule is CN/C=C(\C=N)c1c(C(F)(F)F)sc2nc(Cn3nc(Cl)cc3C(F)(F)F)cc(=O)n12. The maximum Gasteiger partial charge on any atom is 0.433 e. The van der Waals surface area contributed by atoms with E-state index in [4.69, 9.17) is 17.0 Å². The van der Waals surface area contributed by atoms with Crippen molar-refractivity contribution in [2.24, 2.45) is 0 Å². The Morgan fingerprint density at radius 2 is 1.94 bits per heavy atom. The van der Waals surface area contributed by atoms with Gasteiger partial charge >= 0.3 is 12.4 Å². The van der Waals surface area contributed by atoms with Crippen LogP contribution in [-0.4, -0.2) is 32.4 Å². The molecular weight excluding hydrogens is 474 g/mol. The Kier molecular flexibility index (Phi) is 5.88. The largest absolute Gasteiger partial charge is 0.433 e. The van der Waals surface area contributed by atoms with Gasteiger partial charge in [0.05, 0.1) is 17.9 Å². The lowest BCUT2D eigenvalue weighted by molar-refractivity contribution is -0.144. The van der Waals surface area contributed by atoms with Crippen molar-refractivity contribution in [3.63, 3.8) is 0 Å². The van der Waals surface area contributed by atoms with Crippen LogP contribution < -0.4 is 10.9 Å². The summed E-state index contributed by atoms with van der Waals surface area (Å²) in [5, 5.41) is 12.9. The summed E-state index contributed by atoms with van der Waals surface area (Å²) in [5.74, 6) is 0. The van der Waals surface area contributed by atoms with Gasteiger partial charge in [-0.05, 0) is 0 Å². The Balaban J connectivity index is 2.22. The molecule has 7 nitrogen and oxygen atoms in total. The molecule has 31 heavy (non-hydrogen) atoms. The zero-order valence-corrected chi connectivity index (χ0v) is 16.8. The number of allylic oxidation sites excluding steroid dienone is 1. The van der Waals surface area contributed by atoms with E-state index in [0.717, 1.165) is 12.3 Å². The van der Waals surface area contributed by atoms with Gasteiger partial charge in [-0.25, -0.2) is 4.98 Å². The fourth-order valence-electron chi connectivity index (χ4n) is 2.78. The molecule has 0 aromatic carbocycles. The van der Waals surface area contributed by atoms with E-state index < -0.39 is 50.8 Å². The highest BCUT2D eigenvalue weighted by atomic mass is 35.5. The van der Waals surface area contributed by atoms with Crippen LogP contribution in [0, 0.1) is 5.41 Å². The highest BCUT2D eigenvalue weighted by Crippen LogP contribution is 2.39. The maximum absolute atomic E-state index is 13.6. The highest BCUT2D eigenvalue weighted by Gasteiger charge is 2.39. The molecule has 0 saturated carbocycles. The van der Waals surface area contributed by atoms with Crippen LogP contribution in [0.5, 0.6) is 0 Å². The molecule has 3 aromatic heterocycles. The molecule has 3 aromatic rings. The third-order valence-corrected chi connectivity index (χ3v) is 5.18.